The summed E-state index contributed by atoms with van der Waals surface area (Å²) in [5.41, 5.74) is 6.93. The molecular weight excluding hydrogens is 198 g/mol. The highest BCUT2D eigenvalue weighted by Crippen LogP contribution is 2.16. The van der Waals surface area contributed by atoms with Gasteiger partial charge in [0, 0.05) is 6.04 Å². The Morgan fingerprint density at radius 3 is 2.25 bits per heavy atom. The van der Waals surface area contributed by atoms with E-state index in [1.54, 1.807) is 0 Å². The standard InChI is InChI=1S/C14H23NO/c1-11(2)5-4-10-16-14-8-6-13(7-9-14)12(3)15/h6-9,11-12H,4-5,10,15H2,1-3H3/t12-/m0/s1. The number of rotatable bonds is 6. The first-order valence-corrected chi connectivity index (χ1v) is 6.08. The Balaban J connectivity index is 2.32. The summed E-state index contributed by atoms with van der Waals surface area (Å²) in [7, 11) is 0. The molecule has 0 amide bonds. The van der Waals surface area contributed by atoms with Gasteiger partial charge in [-0.2, -0.15) is 0 Å². The van der Waals surface area contributed by atoms with Gasteiger partial charge in [0.1, 0.15) is 5.75 Å². The Morgan fingerprint density at radius 2 is 1.75 bits per heavy atom. The first-order chi connectivity index (χ1) is 7.59. The van der Waals surface area contributed by atoms with Crippen LogP contribution in [0.2, 0.25) is 0 Å². The van der Waals surface area contributed by atoms with Gasteiger partial charge in [0.15, 0.2) is 0 Å². The van der Waals surface area contributed by atoms with Crippen molar-refractivity contribution in [3.05, 3.63) is 29.8 Å². The third-order valence-corrected chi connectivity index (χ3v) is 2.60. The summed E-state index contributed by atoms with van der Waals surface area (Å²) < 4.78 is 5.65. The van der Waals surface area contributed by atoms with E-state index in [0.717, 1.165) is 30.3 Å². The van der Waals surface area contributed by atoms with E-state index in [2.05, 4.69) is 13.8 Å². The maximum absolute atomic E-state index is 5.78. The van der Waals surface area contributed by atoms with Gasteiger partial charge in [-0.25, -0.2) is 0 Å². The van der Waals surface area contributed by atoms with Gasteiger partial charge in [0.2, 0.25) is 0 Å². The first-order valence-electron chi connectivity index (χ1n) is 6.08. The molecule has 0 aromatic heterocycles. The van der Waals surface area contributed by atoms with Crippen LogP contribution in [0.4, 0.5) is 0 Å². The second kappa shape index (κ2) is 6.54. The van der Waals surface area contributed by atoms with E-state index in [1.807, 2.05) is 31.2 Å². The van der Waals surface area contributed by atoms with Gasteiger partial charge < -0.3 is 10.5 Å². The van der Waals surface area contributed by atoms with Crippen molar-refractivity contribution in [3.8, 4) is 5.75 Å². The summed E-state index contributed by atoms with van der Waals surface area (Å²) in [6.45, 7) is 7.25. The van der Waals surface area contributed by atoms with Crippen LogP contribution in [-0.2, 0) is 0 Å². The Bertz CT molecular complexity index is 290. The molecule has 0 fully saturated rings. The molecule has 0 aliphatic rings. The third-order valence-electron chi connectivity index (χ3n) is 2.60. The average molecular weight is 221 g/mol. The van der Waals surface area contributed by atoms with Crippen LogP contribution in [0.15, 0.2) is 24.3 Å². The SMILES string of the molecule is CC(C)CCCOc1ccc([C@H](C)N)cc1. The average Bonchev–Trinajstić information content (AvgIpc) is 2.25. The molecule has 2 heteroatoms. The largest absolute Gasteiger partial charge is 0.494 e. The van der Waals surface area contributed by atoms with Crippen LogP contribution in [0.25, 0.3) is 0 Å². The molecule has 1 aromatic rings. The van der Waals surface area contributed by atoms with E-state index in [9.17, 15) is 0 Å². The molecule has 0 aliphatic heterocycles. The number of hydrogen-bond donors (Lipinski definition) is 1. The van der Waals surface area contributed by atoms with E-state index in [0.29, 0.717) is 0 Å². The zero-order chi connectivity index (χ0) is 12.0. The maximum Gasteiger partial charge on any atom is 0.119 e. The van der Waals surface area contributed by atoms with Gasteiger partial charge in [0.25, 0.3) is 0 Å². The highest BCUT2D eigenvalue weighted by Gasteiger charge is 2.00. The van der Waals surface area contributed by atoms with E-state index >= 15 is 0 Å². The molecule has 0 spiro atoms. The Kier molecular flexibility index (Phi) is 5.33. The minimum absolute atomic E-state index is 0.0926. The molecule has 1 aromatic carbocycles. The van der Waals surface area contributed by atoms with Crippen molar-refractivity contribution in [1.82, 2.24) is 0 Å². The van der Waals surface area contributed by atoms with Crippen molar-refractivity contribution >= 4 is 0 Å². The summed E-state index contributed by atoms with van der Waals surface area (Å²) >= 11 is 0. The molecule has 0 bridgehead atoms. The van der Waals surface area contributed by atoms with E-state index in [1.165, 1.54) is 6.42 Å². The number of nitrogens with two attached hydrogens (primary N) is 1. The van der Waals surface area contributed by atoms with Gasteiger partial charge in [-0.15, -0.1) is 0 Å². The highest BCUT2D eigenvalue weighted by atomic mass is 16.5. The zero-order valence-corrected chi connectivity index (χ0v) is 10.6. The maximum atomic E-state index is 5.78. The monoisotopic (exact) mass is 221 g/mol. The van der Waals surface area contributed by atoms with Gasteiger partial charge >= 0.3 is 0 Å². The Morgan fingerprint density at radius 1 is 1.12 bits per heavy atom. The molecule has 0 aliphatic carbocycles. The molecule has 90 valence electrons. The lowest BCUT2D eigenvalue weighted by Gasteiger charge is -2.09. The fourth-order valence-electron chi connectivity index (χ4n) is 1.55. The summed E-state index contributed by atoms with van der Waals surface area (Å²) in [4.78, 5) is 0. The van der Waals surface area contributed by atoms with Crippen LogP contribution < -0.4 is 10.5 Å². The molecular formula is C14H23NO. The van der Waals surface area contributed by atoms with Crippen LogP contribution in [0, 0.1) is 5.92 Å². The molecule has 0 saturated heterocycles. The van der Waals surface area contributed by atoms with E-state index in [-0.39, 0.29) is 6.04 Å². The van der Waals surface area contributed by atoms with Crippen molar-refractivity contribution in [2.24, 2.45) is 11.7 Å². The summed E-state index contributed by atoms with van der Waals surface area (Å²) in [6.07, 6.45) is 2.34. The minimum Gasteiger partial charge on any atom is -0.494 e. The van der Waals surface area contributed by atoms with Gasteiger partial charge in [-0.05, 0) is 43.4 Å². The molecule has 1 rings (SSSR count). The normalized spacial score (nSPS) is 12.8. The van der Waals surface area contributed by atoms with Crippen molar-refractivity contribution in [1.29, 1.82) is 0 Å². The molecule has 2 nitrogen and oxygen atoms in total. The van der Waals surface area contributed by atoms with E-state index in [4.69, 9.17) is 10.5 Å². The molecule has 0 unspecified atom stereocenters. The number of ether oxygens (including phenoxy) is 1. The predicted molar refractivity (Wildman–Crippen MR) is 68.6 cm³/mol. The van der Waals surface area contributed by atoms with Crippen LogP contribution in [0.3, 0.4) is 0 Å². The van der Waals surface area contributed by atoms with Gasteiger partial charge in [0.05, 0.1) is 6.61 Å². The van der Waals surface area contributed by atoms with Crippen LogP contribution in [0.5, 0.6) is 5.75 Å². The van der Waals surface area contributed by atoms with Gasteiger partial charge in [-0.1, -0.05) is 26.0 Å². The summed E-state index contributed by atoms with van der Waals surface area (Å²) in [5, 5.41) is 0. The topological polar surface area (TPSA) is 35.2 Å². The molecule has 2 N–H and O–H groups in total. The Labute approximate surface area is 98.8 Å². The lowest BCUT2D eigenvalue weighted by Crippen LogP contribution is -2.05. The summed E-state index contributed by atoms with van der Waals surface area (Å²) in [6, 6.07) is 8.14. The highest BCUT2D eigenvalue weighted by molar-refractivity contribution is 5.28. The van der Waals surface area contributed by atoms with Crippen molar-refractivity contribution in [3.63, 3.8) is 0 Å². The van der Waals surface area contributed by atoms with Crippen LogP contribution >= 0.6 is 0 Å². The third kappa shape index (κ3) is 4.67. The van der Waals surface area contributed by atoms with Crippen LogP contribution in [-0.4, -0.2) is 6.61 Å². The predicted octanol–water partition coefficient (Wildman–Crippen LogP) is 3.52. The quantitative estimate of drug-likeness (QED) is 0.746. The molecule has 1 atom stereocenters. The van der Waals surface area contributed by atoms with Crippen molar-refractivity contribution in [2.75, 3.05) is 6.61 Å². The lowest BCUT2D eigenvalue weighted by atomic mass is 10.1. The second-order valence-corrected chi connectivity index (χ2v) is 4.74. The zero-order valence-electron chi connectivity index (χ0n) is 10.6. The smallest absolute Gasteiger partial charge is 0.119 e. The van der Waals surface area contributed by atoms with Crippen LogP contribution in [0.1, 0.15) is 45.2 Å². The summed E-state index contributed by atoms with van der Waals surface area (Å²) in [5.74, 6) is 1.69. The number of benzene rings is 1. The minimum atomic E-state index is 0.0926. The number of hydrogen-bond acceptors (Lipinski definition) is 2. The fraction of sp³-hybridized carbons (Fsp3) is 0.571. The van der Waals surface area contributed by atoms with Crippen molar-refractivity contribution < 1.29 is 4.74 Å². The van der Waals surface area contributed by atoms with Gasteiger partial charge in [-0.3, -0.25) is 0 Å². The lowest BCUT2D eigenvalue weighted by molar-refractivity contribution is 0.297. The fourth-order valence-corrected chi connectivity index (χ4v) is 1.55. The molecule has 16 heavy (non-hydrogen) atoms. The molecule has 0 heterocycles. The molecule has 0 radical (unpaired) electrons. The Hall–Kier alpha value is -1.02. The van der Waals surface area contributed by atoms with Crippen molar-refractivity contribution in [2.45, 2.75) is 39.7 Å². The second-order valence-electron chi connectivity index (χ2n) is 4.74. The van der Waals surface area contributed by atoms with E-state index < -0.39 is 0 Å². The first kappa shape index (κ1) is 13.0. The molecule has 0 saturated carbocycles.